The third-order valence-electron chi connectivity index (χ3n) is 3.44. The van der Waals surface area contributed by atoms with Crippen molar-refractivity contribution in [3.63, 3.8) is 0 Å². The third kappa shape index (κ3) is 6.06. The first-order chi connectivity index (χ1) is 11.0. The first-order valence-electron chi connectivity index (χ1n) is 7.80. The van der Waals surface area contributed by atoms with E-state index in [1.165, 1.54) is 0 Å². The molecule has 0 fully saturated rings. The molecule has 1 N–H and O–H groups in total. The van der Waals surface area contributed by atoms with Crippen molar-refractivity contribution >= 4 is 17.8 Å². The Bertz CT molecular complexity index is 626. The van der Waals surface area contributed by atoms with Crippen molar-refractivity contribution in [3.05, 3.63) is 23.0 Å². The van der Waals surface area contributed by atoms with Crippen LogP contribution in [0, 0.1) is 13.8 Å². The van der Waals surface area contributed by atoms with Crippen LogP contribution in [0.2, 0.25) is 0 Å². The topological polar surface area (TPSA) is 86.6 Å². The van der Waals surface area contributed by atoms with Crippen molar-refractivity contribution in [2.24, 2.45) is 7.05 Å². The minimum Gasteiger partial charge on any atom is -0.457 e. The van der Waals surface area contributed by atoms with Crippen LogP contribution in [0.3, 0.4) is 0 Å². The number of aromatic nitrogens is 1. The lowest BCUT2D eigenvalue weighted by Gasteiger charge is -2.19. The molecule has 0 aliphatic carbocycles. The van der Waals surface area contributed by atoms with Crippen LogP contribution in [-0.4, -0.2) is 41.2 Å². The summed E-state index contributed by atoms with van der Waals surface area (Å²) in [7, 11) is 1.87. The molecule has 0 aromatic carbocycles. The molecular weight excluding hydrogens is 312 g/mol. The SMILES string of the molecule is Cc1cc(C(=O)COC(=O)CCNC(=O)OC(C)(C)C)c(C)n1C. The van der Waals surface area contributed by atoms with Gasteiger partial charge in [0.05, 0.1) is 6.42 Å². The van der Waals surface area contributed by atoms with E-state index in [4.69, 9.17) is 9.47 Å². The Labute approximate surface area is 142 Å². The molecule has 0 bridgehead atoms. The van der Waals surface area contributed by atoms with Crippen molar-refractivity contribution in [2.45, 2.75) is 46.6 Å². The maximum absolute atomic E-state index is 12.1. The van der Waals surface area contributed by atoms with Crippen molar-refractivity contribution in [3.8, 4) is 0 Å². The lowest BCUT2D eigenvalue weighted by atomic mass is 10.1. The molecule has 0 unspecified atom stereocenters. The number of ether oxygens (including phenoxy) is 2. The van der Waals surface area contributed by atoms with Crippen LogP contribution >= 0.6 is 0 Å². The molecule has 7 heteroatoms. The number of nitrogens with zero attached hydrogens (tertiary/aromatic N) is 1. The molecule has 0 atom stereocenters. The van der Waals surface area contributed by atoms with Crippen LogP contribution in [0.25, 0.3) is 0 Å². The van der Waals surface area contributed by atoms with E-state index in [2.05, 4.69) is 5.32 Å². The number of hydrogen-bond acceptors (Lipinski definition) is 5. The number of aryl methyl sites for hydroxylation is 1. The van der Waals surface area contributed by atoms with E-state index >= 15 is 0 Å². The fourth-order valence-corrected chi connectivity index (χ4v) is 2.01. The van der Waals surface area contributed by atoms with Crippen LogP contribution in [0.4, 0.5) is 4.79 Å². The van der Waals surface area contributed by atoms with Crippen molar-refractivity contribution in [1.29, 1.82) is 0 Å². The van der Waals surface area contributed by atoms with Gasteiger partial charge in [0.2, 0.25) is 5.78 Å². The van der Waals surface area contributed by atoms with Crippen LogP contribution in [0.1, 0.15) is 48.9 Å². The Morgan fingerprint density at radius 1 is 1.21 bits per heavy atom. The molecular formula is C17H26N2O5. The zero-order valence-electron chi connectivity index (χ0n) is 15.2. The molecule has 0 saturated carbocycles. The second kappa shape index (κ2) is 7.99. The highest BCUT2D eigenvalue weighted by atomic mass is 16.6. The Kier molecular flexibility index (Phi) is 6.57. The molecule has 0 radical (unpaired) electrons. The fourth-order valence-electron chi connectivity index (χ4n) is 2.01. The third-order valence-corrected chi connectivity index (χ3v) is 3.44. The number of esters is 1. The number of ketones is 1. The van der Waals surface area contributed by atoms with Crippen molar-refractivity contribution < 1.29 is 23.9 Å². The monoisotopic (exact) mass is 338 g/mol. The number of alkyl carbamates (subject to hydrolysis) is 1. The lowest BCUT2D eigenvalue weighted by molar-refractivity contribution is -0.142. The maximum Gasteiger partial charge on any atom is 0.407 e. The molecule has 7 nitrogen and oxygen atoms in total. The molecule has 134 valence electrons. The first-order valence-corrected chi connectivity index (χ1v) is 7.80. The minimum atomic E-state index is -0.596. The number of carbonyl (C=O) groups is 3. The summed E-state index contributed by atoms with van der Waals surface area (Å²) in [5.41, 5.74) is 1.75. The van der Waals surface area contributed by atoms with Gasteiger partial charge < -0.3 is 19.4 Å². The molecule has 1 heterocycles. The van der Waals surface area contributed by atoms with Gasteiger partial charge in [-0.2, -0.15) is 0 Å². The predicted molar refractivity (Wildman–Crippen MR) is 89.0 cm³/mol. The van der Waals surface area contributed by atoms with E-state index < -0.39 is 17.7 Å². The number of hydrogen-bond donors (Lipinski definition) is 1. The molecule has 1 aromatic rings. The average Bonchev–Trinajstić information content (AvgIpc) is 2.70. The lowest BCUT2D eigenvalue weighted by Crippen LogP contribution is -2.33. The number of Topliss-reactive ketones (excluding diaryl/α,β-unsaturated/α-hetero) is 1. The Hall–Kier alpha value is -2.31. The van der Waals surface area contributed by atoms with Gasteiger partial charge in [-0.05, 0) is 40.7 Å². The quantitative estimate of drug-likeness (QED) is 0.635. The molecule has 0 spiro atoms. The van der Waals surface area contributed by atoms with E-state index in [-0.39, 0.29) is 25.4 Å². The molecule has 0 saturated heterocycles. The highest BCUT2D eigenvalue weighted by Gasteiger charge is 2.17. The molecule has 0 aliphatic rings. The summed E-state index contributed by atoms with van der Waals surface area (Å²) in [5, 5.41) is 2.46. The van der Waals surface area contributed by atoms with Gasteiger partial charge in [-0.25, -0.2) is 4.79 Å². The van der Waals surface area contributed by atoms with Gasteiger partial charge in [-0.1, -0.05) is 0 Å². The number of rotatable bonds is 6. The minimum absolute atomic E-state index is 0.0284. The zero-order chi connectivity index (χ0) is 18.5. The molecule has 1 aromatic heterocycles. The summed E-state index contributed by atoms with van der Waals surface area (Å²) in [5.74, 6) is -0.797. The zero-order valence-corrected chi connectivity index (χ0v) is 15.2. The maximum atomic E-state index is 12.1. The summed E-state index contributed by atoms with van der Waals surface area (Å²) in [6.45, 7) is 8.77. The average molecular weight is 338 g/mol. The molecule has 1 rings (SSSR count). The van der Waals surface area contributed by atoms with Crippen LogP contribution in [0.5, 0.6) is 0 Å². The fraction of sp³-hybridized carbons (Fsp3) is 0.588. The standard InChI is InChI=1S/C17H26N2O5/c1-11-9-13(12(2)19(11)6)14(20)10-23-15(21)7-8-18-16(22)24-17(3,4)5/h9H,7-8,10H2,1-6H3,(H,18,22). The molecule has 1 amide bonds. The van der Waals surface area contributed by atoms with E-state index in [1.807, 2.05) is 25.5 Å². The van der Waals surface area contributed by atoms with Gasteiger partial charge in [-0.15, -0.1) is 0 Å². The summed E-state index contributed by atoms with van der Waals surface area (Å²) >= 11 is 0. The van der Waals surface area contributed by atoms with Crippen LogP contribution < -0.4 is 5.32 Å². The second-order valence-corrected chi connectivity index (χ2v) is 6.61. The summed E-state index contributed by atoms with van der Waals surface area (Å²) in [6, 6.07) is 1.77. The summed E-state index contributed by atoms with van der Waals surface area (Å²) in [6.07, 6.45) is -0.624. The van der Waals surface area contributed by atoms with Gasteiger partial charge in [-0.3, -0.25) is 9.59 Å². The Balaban J connectivity index is 2.35. The second-order valence-electron chi connectivity index (χ2n) is 6.61. The molecule has 0 aliphatic heterocycles. The predicted octanol–water partition coefficient (Wildman–Crippen LogP) is 2.28. The van der Waals surface area contributed by atoms with Gasteiger partial charge in [0.15, 0.2) is 6.61 Å². The van der Waals surface area contributed by atoms with E-state index in [0.29, 0.717) is 5.56 Å². The Morgan fingerprint density at radius 2 is 1.83 bits per heavy atom. The Morgan fingerprint density at radius 3 is 2.33 bits per heavy atom. The highest BCUT2D eigenvalue weighted by Crippen LogP contribution is 2.14. The van der Waals surface area contributed by atoms with Gasteiger partial charge >= 0.3 is 12.1 Å². The smallest absolute Gasteiger partial charge is 0.407 e. The highest BCUT2D eigenvalue weighted by molar-refractivity contribution is 5.99. The van der Waals surface area contributed by atoms with E-state index in [0.717, 1.165) is 11.4 Å². The number of carbonyl (C=O) groups excluding carboxylic acids is 3. The summed E-state index contributed by atoms with van der Waals surface area (Å²) in [4.78, 5) is 35.1. The van der Waals surface area contributed by atoms with E-state index in [9.17, 15) is 14.4 Å². The normalized spacial score (nSPS) is 11.1. The van der Waals surface area contributed by atoms with Gasteiger partial charge in [0.25, 0.3) is 0 Å². The largest absolute Gasteiger partial charge is 0.457 e. The van der Waals surface area contributed by atoms with Crippen molar-refractivity contribution in [2.75, 3.05) is 13.2 Å². The first kappa shape index (κ1) is 19.7. The van der Waals surface area contributed by atoms with E-state index in [1.54, 1.807) is 26.8 Å². The number of nitrogens with one attached hydrogen (secondary N) is 1. The van der Waals surface area contributed by atoms with Gasteiger partial charge in [0.1, 0.15) is 5.60 Å². The van der Waals surface area contributed by atoms with Crippen LogP contribution in [0.15, 0.2) is 6.07 Å². The molecule has 24 heavy (non-hydrogen) atoms. The summed E-state index contributed by atoms with van der Waals surface area (Å²) < 4.78 is 11.9. The number of amides is 1. The van der Waals surface area contributed by atoms with Gasteiger partial charge in [0, 0.05) is 30.5 Å². The van der Waals surface area contributed by atoms with Crippen LogP contribution in [-0.2, 0) is 21.3 Å². The van der Waals surface area contributed by atoms with Crippen molar-refractivity contribution in [1.82, 2.24) is 9.88 Å².